The predicted octanol–water partition coefficient (Wildman–Crippen LogP) is 2.88. The molecule has 3 rings (SSSR count). The first kappa shape index (κ1) is 20.6. The summed E-state index contributed by atoms with van der Waals surface area (Å²) in [6.45, 7) is 6.22. The standard InChI is InChI=1S/C23H32N2O3/c1-3-18-4-6-19(7-5-18)8-11-22(26)24-15-21-16-28-13-12-25(21)23(27)14-17(2)20-9-10-20/h4-7,14,20-21H,3,8-13,15-16H2,1-2H3,(H,24,26). The van der Waals surface area contributed by atoms with E-state index in [4.69, 9.17) is 4.74 Å². The lowest BCUT2D eigenvalue weighted by molar-refractivity contribution is -0.135. The van der Waals surface area contributed by atoms with Crippen molar-refractivity contribution in [2.24, 2.45) is 5.92 Å². The van der Waals surface area contributed by atoms with Gasteiger partial charge in [0.05, 0.1) is 19.3 Å². The zero-order valence-corrected chi connectivity index (χ0v) is 17.1. The average molecular weight is 385 g/mol. The molecule has 0 radical (unpaired) electrons. The number of carbonyl (C=O) groups excluding carboxylic acids is 2. The molecule has 1 saturated carbocycles. The lowest BCUT2D eigenvalue weighted by Gasteiger charge is -2.35. The van der Waals surface area contributed by atoms with E-state index in [0.29, 0.717) is 38.6 Å². The molecule has 2 fully saturated rings. The van der Waals surface area contributed by atoms with Gasteiger partial charge in [0, 0.05) is 25.6 Å². The Morgan fingerprint density at radius 3 is 2.61 bits per heavy atom. The fourth-order valence-electron chi connectivity index (χ4n) is 3.57. The third-order valence-corrected chi connectivity index (χ3v) is 5.69. The van der Waals surface area contributed by atoms with Crippen LogP contribution in [0.3, 0.4) is 0 Å². The third-order valence-electron chi connectivity index (χ3n) is 5.69. The lowest BCUT2D eigenvalue weighted by Crippen LogP contribution is -2.53. The number of nitrogens with zero attached hydrogens (tertiary/aromatic N) is 1. The second-order valence-electron chi connectivity index (χ2n) is 7.90. The largest absolute Gasteiger partial charge is 0.377 e. The van der Waals surface area contributed by atoms with Crippen LogP contribution in [0.15, 0.2) is 35.9 Å². The Balaban J connectivity index is 1.46. The van der Waals surface area contributed by atoms with Crippen molar-refractivity contribution in [3.05, 3.63) is 47.0 Å². The summed E-state index contributed by atoms with van der Waals surface area (Å²) in [6.07, 6.45) is 6.36. The molecule has 28 heavy (non-hydrogen) atoms. The third kappa shape index (κ3) is 5.93. The second-order valence-corrected chi connectivity index (χ2v) is 7.90. The van der Waals surface area contributed by atoms with Gasteiger partial charge in [-0.15, -0.1) is 0 Å². The topological polar surface area (TPSA) is 58.6 Å². The first-order valence-electron chi connectivity index (χ1n) is 10.5. The van der Waals surface area contributed by atoms with E-state index in [-0.39, 0.29) is 17.9 Å². The van der Waals surface area contributed by atoms with Crippen molar-refractivity contribution in [3.8, 4) is 0 Å². The van der Waals surface area contributed by atoms with Crippen LogP contribution in [0, 0.1) is 5.92 Å². The van der Waals surface area contributed by atoms with Crippen LogP contribution in [0.4, 0.5) is 0 Å². The molecule has 152 valence electrons. The zero-order chi connectivity index (χ0) is 19.9. The number of benzene rings is 1. The molecule has 0 aromatic heterocycles. The van der Waals surface area contributed by atoms with Crippen LogP contribution >= 0.6 is 0 Å². The molecule has 2 aliphatic rings. The number of carbonyl (C=O) groups is 2. The summed E-state index contributed by atoms with van der Waals surface area (Å²) in [6, 6.07) is 8.32. The minimum atomic E-state index is -0.0997. The fourth-order valence-corrected chi connectivity index (χ4v) is 3.57. The van der Waals surface area contributed by atoms with Gasteiger partial charge in [0.1, 0.15) is 0 Å². The molecule has 1 aromatic carbocycles. The van der Waals surface area contributed by atoms with Gasteiger partial charge >= 0.3 is 0 Å². The average Bonchev–Trinajstić information content (AvgIpc) is 3.56. The molecule has 1 heterocycles. The smallest absolute Gasteiger partial charge is 0.246 e. The van der Waals surface area contributed by atoms with E-state index in [9.17, 15) is 9.59 Å². The van der Waals surface area contributed by atoms with Crippen molar-refractivity contribution < 1.29 is 14.3 Å². The molecule has 1 aliphatic carbocycles. The molecule has 0 spiro atoms. The van der Waals surface area contributed by atoms with Crippen LogP contribution in [0.2, 0.25) is 0 Å². The van der Waals surface area contributed by atoms with E-state index < -0.39 is 0 Å². The van der Waals surface area contributed by atoms with Crippen LogP contribution in [-0.4, -0.2) is 49.1 Å². The Kier molecular flexibility index (Phi) is 7.26. The first-order chi connectivity index (χ1) is 13.6. The quantitative estimate of drug-likeness (QED) is 0.701. The lowest BCUT2D eigenvalue weighted by atomic mass is 10.1. The maximum atomic E-state index is 12.6. The molecular weight excluding hydrogens is 352 g/mol. The highest BCUT2D eigenvalue weighted by Gasteiger charge is 2.28. The van der Waals surface area contributed by atoms with Crippen molar-refractivity contribution in [2.75, 3.05) is 26.3 Å². The van der Waals surface area contributed by atoms with Gasteiger partial charge in [-0.25, -0.2) is 0 Å². The molecule has 1 saturated heterocycles. The van der Waals surface area contributed by atoms with E-state index in [0.717, 1.165) is 12.8 Å². The van der Waals surface area contributed by atoms with Crippen molar-refractivity contribution in [3.63, 3.8) is 0 Å². The molecule has 0 bridgehead atoms. The predicted molar refractivity (Wildman–Crippen MR) is 110 cm³/mol. The van der Waals surface area contributed by atoms with Gasteiger partial charge in [0.2, 0.25) is 11.8 Å². The van der Waals surface area contributed by atoms with Crippen LogP contribution in [-0.2, 0) is 27.2 Å². The maximum Gasteiger partial charge on any atom is 0.246 e. The van der Waals surface area contributed by atoms with Crippen molar-refractivity contribution in [1.29, 1.82) is 0 Å². The Morgan fingerprint density at radius 1 is 1.21 bits per heavy atom. The highest BCUT2D eigenvalue weighted by molar-refractivity contribution is 5.88. The van der Waals surface area contributed by atoms with Crippen LogP contribution < -0.4 is 5.32 Å². The monoisotopic (exact) mass is 384 g/mol. The molecule has 1 N–H and O–H groups in total. The van der Waals surface area contributed by atoms with Gasteiger partial charge in [-0.2, -0.15) is 0 Å². The summed E-state index contributed by atoms with van der Waals surface area (Å²) >= 11 is 0. The van der Waals surface area contributed by atoms with Gasteiger partial charge < -0.3 is 15.0 Å². The Hall–Kier alpha value is -2.14. The molecule has 5 heteroatoms. The minimum absolute atomic E-state index is 0.0160. The van der Waals surface area contributed by atoms with E-state index in [2.05, 4.69) is 36.5 Å². The van der Waals surface area contributed by atoms with E-state index in [1.54, 1.807) is 6.08 Å². The Morgan fingerprint density at radius 2 is 1.93 bits per heavy atom. The maximum absolute atomic E-state index is 12.6. The molecule has 5 nitrogen and oxygen atoms in total. The number of ether oxygens (including phenoxy) is 1. The molecule has 1 unspecified atom stereocenters. The summed E-state index contributed by atoms with van der Waals surface area (Å²) in [7, 11) is 0. The zero-order valence-electron chi connectivity index (χ0n) is 17.1. The SMILES string of the molecule is CCc1ccc(CCC(=O)NCC2COCCN2C(=O)C=C(C)C2CC2)cc1. The highest BCUT2D eigenvalue weighted by atomic mass is 16.5. The van der Waals surface area contributed by atoms with Crippen molar-refractivity contribution in [1.82, 2.24) is 10.2 Å². The van der Waals surface area contributed by atoms with E-state index in [1.165, 1.54) is 29.5 Å². The van der Waals surface area contributed by atoms with Gasteiger partial charge in [0.15, 0.2) is 0 Å². The van der Waals surface area contributed by atoms with Gasteiger partial charge in [0.25, 0.3) is 0 Å². The van der Waals surface area contributed by atoms with Crippen LogP contribution in [0.25, 0.3) is 0 Å². The summed E-state index contributed by atoms with van der Waals surface area (Å²) in [5, 5.41) is 2.98. The molecule has 1 atom stereocenters. The second kappa shape index (κ2) is 9.87. The number of aryl methyl sites for hydroxylation is 2. The van der Waals surface area contributed by atoms with Crippen molar-refractivity contribution in [2.45, 2.75) is 52.0 Å². The molecule has 2 amide bonds. The molecular formula is C23H32N2O3. The van der Waals surface area contributed by atoms with E-state index in [1.807, 2.05) is 11.8 Å². The Labute approximate surface area is 168 Å². The number of amides is 2. The van der Waals surface area contributed by atoms with Gasteiger partial charge in [-0.3, -0.25) is 9.59 Å². The fraction of sp³-hybridized carbons (Fsp3) is 0.565. The normalized spacial score (nSPS) is 20.1. The molecule has 1 aromatic rings. The summed E-state index contributed by atoms with van der Waals surface area (Å²) in [5.41, 5.74) is 3.65. The van der Waals surface area contributed by atoms with Gasteiger partial charge in [-0.05, 0) is 49.7 Å². The number of allylic oxidation sites excluding steroid dienone is 1. The number of hydrogen-bond donors (Lipinski definition) is 1. The van der Waals surface area contributed by atoms with Crippen molar-refractivity contribution >= 4 is 11.8 Å². The van der Waals surface area contributed by atoms with Gasteiger partial charge in [-0.1, -0.05) is 36.8 Å². The molecule has 1 aliphatic heterocycles. The van der Waals surface area contributed by atoms with Crippen LogP contribution in [0.1, 0.15) is 44.2 Å². The summed E-state index contributed by atoms with van der Waals surface area (Å²) < 4.78 is 5.54. The number of hydrogen-bond acceptors (Lipinski definition) is 3. The van der Waals surface area contributed by atoms with E-state index >= 15 is 0 Å². The Bertz CT molecular complexity index is 707. The summed E-state index contributed by atoms with van der Waals surface area (Å²) in [4.78, 5) is 26.8. The minimum Gasteiger partial charge on any atom is -0.377 e. The number of rotatable bonds is 8. The summed E-state index contributed by atoms with van der Waals surface area (Å²) in [5.74, 6) is 0.653. The first-order valence-corrected chi connectivity index (χ1v) is 10.5. The highest BCUT2D eigenvalue weighted by Crippen LogP contribution is 2.36. The van der Waals surface area contributed by atoms with Crippen LogP contribution in [0.5, 0.6) is 0 Å². The number of morpholine rings is 1. The number of nitrogens with one attached hydrogen (secondary N) is 1.